The third kappa shape index (κ3) is 3.49. The van der Waals surface area contributed by atoms with Gasteiger partial charge in [-0.2, -0.15) is 0 Å². The molecule has 1 heterocycles. The van der Waals surface area contributed by atoms with Crippen LogP contribution in [0.3, 0.4) is 0 Å². The van der Waals surface area contributed by atoms with Gasteiger partial charge in [0.05, 0.1) is 17.7 Å². The number of carbonyl (C=O) groups excluding carboxylic acids is 1. The zero-order valence-electron chi connectivity index (χ0n) is 11.9. The molecule has 5 atom stereocenters. The summed E-state index contributed by atoms with van der Waals surface area (Å²) in [5, 5.41) is 49.8. The maximum Gasteiger partial charge on any atom is 0.336 e. The molecule has 126 valence electrons. The van der Waals surface area contributed by atoms with Gasteiger partial charge >= 0.3 is 5.97 Å². The van der Waals surface area contributed by atoms with Gasteiger partial charge in [-0.3, -0.25) is 4.79 Å². The lowest BCUT2D eigenvalue weighted by molar-refractivity contribution is -0.252. The van der Waals surface area contributed by atoms with Crippen molar-refractivity contribution in [3.8, 4) is 0 Å². The van der Waals surface area contributed by atoms with Crippen molar-refractivity contribution >= 4 is 11.9 Å². The largest absolute Gasteiger partial charge is 0.478 e. The fourth-order valence-corrected chi connectivity index (χ4v) is 2.35. The zero-order chi connectivity index (χ0) is 17.1. The highest BCUT2D eigenvalue weighted by Crippen LogP contribution is 2.20. The quantitative estimate of drug-likeness (QED) is 0.368. The van der Waals surface area contributed by atoms with Crippen molar-refractivity contribution in [3.63, 3.8) is 0 Å². The summed E-state index contributed by atoms with van der Waals surface area (Å²) in [4.78, 5) is 23.3. The van der Waals surface area contributed by atoms with Crippen LogP contribution in [0.1, 0.15) is 20.7 Å². The molecule has 1 aliphatic rings. The van der Waals surface area contributed by atoms with Crippen LogP contribution in [0.15, 0.2) is 24.3 Å². The van der Waals surface area contributed by atoms with Gasteiger partial charge in [0.1, 0.15) is 24.4 Å². The Bertz CT molecular complexity index is 592. The van der Waals surface area contributed by atoms with Gasteiger partial charge in [0.15, 0.2) is 6.29 Å². The molecule has 23 heavy (non-hydrogen) atoms. The van der Waals surface area contributed by atoms with E-state index < -0.39 is 49.1 Å². The zero-order valence-corrected chi connectivity index (χ0v) is 11.9. The molecule has 0 unspecified atom stereocenters. The van der Waals surface area contributed by atoms with Gasteiger partial charge in [0, 0.05) is 0 Å². The highest BCUT2D eigenvalue weighted by Gasteiger charge is 2.44. The number of amides is 1. The van der Waals surface area contributed by atoms with Gasteiger partial charge in [0.25, 0.3) is 5.91 Å². The van der Waals surface area contributed by atoms with E-state index >= 15 is 0 Å². The van der Waals surface area contributed by atoms with Crippen molar-refractivity contribution in [3.05, 3.63) is 35.4 Å². The maximum absolute atomic E-state index is 12.2. The SMILES string of the molecule is O=C(O)c1ccccc1C(=O)N[C@H]1[C@@H](O)[C@H](O)[C@H](CO)O[C@@H]1O. The maximum atomic E-state index is 12.2. The summed E-state index contributed by atoms with van der Waals surface area (Å²) < 4.78 is 4.91. The minimum atomic E-state index is -1.67. The summed E-state index contributed by atoms with van der Waals surface area (Å²) in [7, 11) is 0. The van der Waals surface area contributed by atoms with Crippen molar-refractivity contribution in [1.29, 1.82) is 0 Å². The number of aliphatic hydroxyl groups excluding tert-OH is 4. The van der Waals surface area contributed by atoms with Crippen molar-refractivity contribution in [2.75, 3.05) is 6.61 Å². The van der Waals surface area contributed by atoms with Crippen LogP contribution in [-0.4, -0.2) is 74.7 Å². The van der Waals surface area contributed by atoms with Crippen molar-refractivity contribution in [2.45, 2.75) is 30.6 Å². The monoisotopic (exact) mass is 327 g/mol. The van der Waals surface area contributed by atoms with Gasteiger partial charge in [-0.1, -0.05) is 12.1 Å². The summed E-state index contributed by atoms with van der Waals surface area (Å²) in [6, 6.07) is 4.03. The van der Waals surface area contributed by atoms with Crippen LogP contribution < -0.4 is 5.32 Å². The van der Waals surface area contributed by atoms with Gasteiger partial charge < -0.3 is 35.6 Å². The molecule has 1 saturated heterocycles. The molecule has 6 N–H and O–H groups in total. The first kappa shape index (κ1) is 17.3. The minimum Gasteiger partial charge on any atom is -0.478 e. The van der Waals surface area contributed by atoms with Crippen LogP contribution in [0.25, 0.3) is 0 Å². The average Bonchev–Trinajstić information content (AvgIpc) is 2.54. The van der Waals surface area contributed by atoms with E-state index in [0.29, 0.717) is 0 Å². The number of benzene rings is 1. The summed E-state index contributed by atoms with van der Waals surface area (Å²) in [6.45, 7) is -0.627. The number of ether oxygens (including phenoxy) is 1. The molecule has 1 aromatic carbocycles. The average molecular weight is 327 g/mol. The number of hydrogen-bond acceptors (Lipinski definition) is 7. The normalized spacial score (nSPS) is 30.7. The molecule has 1 fully saturated rings. The number of aliphatic hydroxyl groups is 4. The first-order valence-electron chi connectivity index (χ1n) is 6.80. The highest BCUT2D eigenvalue weighted by atomic mass is 16.6. The molecule has 1 amide bonds. The summed E-state index contributed by atoms with van der Waals surface area (Å²) >= 11 is 0. The third-order valence-corrected chi connectivity index (χ3v) is 3.60. The summed E-state index contributed by atoms with van der Waals surface area (Å²) in [5.74, 6) is -2.17. The predicted octanol–water partition coefficient (Wildman–Crippen LogP) is -2.09. The van der Waals surface area contributed by atoms with E-state index in [2.05, 4.69) is 5.32 Å². The number of hydrogen-bond donors (Lipinski definition) is 6. The second kappa shape index (κ2) is 7.02. The number of carbonyl (C=O) groups is 2. The summed E-state index contributed by atoms with van der Waals surface area (Å²) in [6.07, 6.45) is -5.99. The van der Waals surface area contributed by atoms with Crippen LogP contribution >= 0.6 is 0 Å². The number of carboxylic acid groups (broad SMARTS) is 1. The lowest BCUT2D eigenvalue weighted by Crippen LogP contribution is -2.64. The first-order valence-corrected chi connectivity index (χ1v) is 6.80. The Labute approximate surface area is 130 Å². The molecule has 0 aliphatic carbocycles. The third-order valence-electron chi connectivity index (χ3n) is 3.60. The Balaban J connectivity index is 2.19. The fraction of sp³-hybridized carbons (Fsp3) is 0.429. The van der Waals surface area contributed by atoms with Crippen LogP contribution in [-0.2, 0) is 4.74 Å². The topological polar surface area (TPSA) is 157 Å². The summed E-state index contributed by atoms with van der Waals surface area (Å²) in [5.41, 5.74) is -0.419. The van der Waals surface area contributed by atoms with E-state index in [1.165, 1.54) is 24.3 Å². The fourth-order valence-electron chi connectivity index (χ4n) is 2.35. The lowest BCUT2D eigenvalue weighted by Gasteiger charge is -2.40. The molecule has 1 aliphatic heterocycles. The molecule has 9 heteroatoms. The Kier molecular flexibility index (Phi) is 5.29. The number of aromatic carboxylic acids is 1. The van der Waals surface area contributed by atoms with E-state index in [1.54, 1.807) is 0 Å². The Morgan fingerprint density at radius 3 is 2.26 bits per heavy atom. The van der Waals surface area contributed by atoms with Crippen molar-refractivity contribution < 1.29 is 39.9 Å². The van der Waals surface area contributed by atoms with Crippen LogP contribution in [0, 0.1) is 0 Å². The molecule has 2 rings (SSSR count). The second-order valence-corrected chi connectivity index (χ2v) is 5.08. The number of nitrogens with one attached hydrogen (secondary N) is 1. The predicted molar refractivity (Wildman–Crippen MR) is 74.6 cm³/mol. The Hall–Kier alpha value is -2.04. The van der Waals surface area contributed by atoms with Gasteiger partial charge in [-0.15, -0.1) is 0 Å². The van der Waals surface area contributed by atoms with Gasteiger partial charge in [0.2, 0.25) is 0 Å². The minimum absolute atomic E-state index is 0.168. The van der Waals surface area contributed by atoms with E-state index in [1.807, 2.05) is 0 Å². The Morgan fingerprint density at radius 1 is 1.09 bits per heavy atom. The van der Waals surface area contributed by atoms with E-state index in [4.69, 9.17) is 14.9 Å². The Morgan fingerprint density at radius 2 is 1.70 bits per heavy atom. The number of rotatable bonds is 4. The van der Waals surface area contributed by atoms with E-state index in [-0.39, 0.29) is 11.1 Å². The molecule has 0 aromatic heterocycles. The van der Waals surface area contributed by atoms with E-state index in [9.17, 15) is 24.9 Å². The van der Waals surface area contributed by atoms with Gasteiger partial charge in [-0.25, -0.2) is 4.79 Å². The molecule has 1 aromatic rings. The molecular formula is C14H17NO8. The van der Waals surface area contributed by atoms with Crippen molar-refractivity contribution in [1.82, 2.24) is 5.32 Å². The molecule has 0 radical (unpaired) electrons. The first-order chi connectivity index (χ1) is 10.9. The lowest BCUT2D eigenvalue weighted by atomic mass is 9.96. The van der Waals surface area contributed by atoms with Crippen LogP contribution in [0.4, 0.5) is 0 Å². The van der Waals surface area contributed by atoms with Crippen LogP contribution in [0.5, 0.6) is 0 Å². The molecular weight excluding hydrogens is 310 g/mol. The van der Waals surface area contributed by atoms with Crippen molar-refractivity contribution in [2.24, 2.45) is 0 Å². The standard InChI is InChI=1S/C14H17NO8/c16-5-8-10(17)11(18)9(14(22)23-8)15-12(19)6-3-1-2-4-7(6)13(20)21/h1-4,8-11,14,16-18,22H,5H2,(H,15,19)(H,20,21)/t8-,9-,10+,11+,14-/m0/s1. The second-order valence-electron chi connectivity index (χ2n) is 5.08. The number of carboxylic acids is 1. The smallest absolute Gasteiger partial charge is 0.336 e. The molecule has 0 spiro atoms. The van der Waals surface area contributed by atoms with Gasteiger partial charge in [-0.05, 0) is 12.1 Å². The van der Waals surface area contributed by atoms with E-state index in [0.717, 1.165) is 0 Å². The van der Waals surface area contributed by atoms with Crippen LogP contribution in [0.2, 0.25) is 0 Å². The molecule has 0 saturated carbocycles. The molecule has 0 bridgehead atoms. The molecule has 9 nitrogen and oxygen atoms in total. The highest BCUT2D eigenvalue weighted by molar-refractivity contribution is 6.04.